The van der Waals surface area contributed by atoms with Gasteiger partial charge in [-0.1, -0.05) is 48.6 Å². The molecule has 5 rings (SSSR count). The van der Waals surface area contributed by atoms with Crippen molar-refractivity contribution in [3.63, 3.8) is 0 Å². The van der Waals surface area contributed by atoms with Crippen LogP contribution in [0.5, 0.6) is 0 Å². The molecule has 3 aromatic rings. The minimum Gasteiger partial charge on any atom is -0.377 e. The SMILES string of the molecule is O=[N+]([O-])c1ccccc1[C@H]1Nc2ccc(S(=O)(=O)Nc3ccccc3)cc2[C@H]2C=CC[C@H]21. The lowest BCUT2D eigenvalue weighted by Crippen LogP contribution is -2.30. The normalized spacial score (nSPS) is 21.3. The first-order valence-corrected chi connectivity index (χ1v) is 11.8. The van der Waals surface area contributed by atoms with Gasteiger partial charge in [0.15, 0.2) is 0 Å². The molecule has 0 bridgehead atoms. The van der Waals surface area contributed by atoms with Crippen molar-refractivity contribution < 1.29 is 13.3 Å². The quantitative estimate of drug-likeness (QED) is 0.317. The maximum Gasteiger partial charge on any atom is 0.274 e. The lowest BCUT2D eigenvalue weighted by Gasteiger charge is -2.37. The second-order valence-electron chi connectivity index (χ2n) is 8.01. The summed E-state index contributed by atoms with van der Waals surface area (Å²) in [7, 11) is -3.75. The fourth-order valence-electron chi connectivity index (χ4n) is 4.68. The third-order valence-electron chi connectivity index (χ3n) is 6.14. The fourth-order valence-corrected chi connectivity index (χ4v) is 5.78. The zero-order valence-corrected chi connectivity index (χ0v) is 17.8. The molecule has 162 valence electrons. The van der Waals surface area contributed by atoms with Crippen molar-refractivity contribution in [1.82, 2.24) is 0 Å². The van der Waals surface area contributed by atoms with Crippen LogP contribution in [0.15, 0.2) is 89.8 Å². The van der Waals surface area contributed by atoms with Gasteiger partial charge in [0.05, 0.1) is 21.4 Å². The highest BCUT2D eigenvalue weighted by Crippen LogP contribution is 2.51. The molecule has 7 nitrogen and oxygen atoms in total. The number of fused-ring (bicyclic) bond motifs is 3. The zero-order chi connectivity index (χ0) is 22.3. The van der Waals surface area contributed by atoms with E-state index in [9.17, 15) is 18.5 Å². The maximum atomic E-state index is 13.0. The minimum atomic E-state index is -3.75. The number of rotatable bonds is 5. The van der Waals surface area contributed by atoms with Gasteiger partial charge < -0.3 is 5.32 Å². The third kappa shape index (κ3) is 3.52. The van der Waals surface area contributed by atoms with Crippen LogP contribution in [0.25, 0.3) is 0 Å². The molecule has 0 fully saturated rings. The predicted octanol–water partition coefficient (Wildman–Crippen LogP) is 5.22. The van der Waals surface area contributed by atoms with Crippen LogP contribution in [0.3, 0.4) is 0 Å². The van der Waals surface area contributed by atoms with Gasteiger partial charge >= 0.3 is 0 Å². The molecule has 0 amide bonds. The van der Waals surface area contributed by atoms with E-state index in [1.165, 1.54) is 6.07 Å². The smallest absolute Gasteiger partial charge is 0.274 e. The lowest BCUT2D eigenvalue weighted by molar-refractivity contribution is -0.385. The van der Waals surface area contributed by atoms with Gasteiger partial charge in [0.25, 0.3) is 15.7 Å². The van der Waals surface area contributed by atoms with E-state index < -0.39 is 10.0 Å². The summed E-state index contributed by atoms with van der Waals surface area (Å²) in [6.45, 7) is 0. The Balaban J connectivity index is 1.52. The molecular weight excluding hydrogens is 426 g/mol. The van der Waals surface area contributed by atoms with E-state index >= 15 is 0 Å². The van der Waals surface area contributed by atoms with Gasteiger partial charge in [0.2, 0.25) is 0 Å². The second-order valence-corrected chi connectivity index (χ2v) is 9.69. The van der Waals surface area contributed by atoms with Crippen molar-refractivity contribution in [3.05, 3.63) is 106 Å². The summed E-state index contributed by atoms with van der Waals surface area (Å²) in [6.07, 6.45) is 4.90. The van der Waals surface area contributed by atoms with E-state index in [1.807, 2.05) is 12.1 Å². The van der Waals surface area contributed by atoms with E-state index in [0.29, 0.717) is 11.3 Å². The summed E-state index contributed by atoms with van der Waals surface area (Å²) < 4.78 is 28.5. The number of sulfonamides is 1. The Morgan fingerprint density at radius 2 is 1.72 bits per heavy atom. The average molecular weight is 448 g/mol. The summed E-state index contributed by atoms with van der Waals surface area (Å²) in [6, 6.07) is 20.3. The number of nitrogens with zero attached hydrogens (tertiary/aromatic N) is 1. The Morgan fingerprint density at radius 1 is 0.969 bits per heavy atom. The van der Waals surface area contributed by atoms with Gasteiger partial charge in [-0.25, -0.2) is 8.42 Å². The molecule has 2 aliphatic rings. The van der Waals surface area contributed by atoms with Crippen LogP contribution in [0.4, 0.5) is 17.1 Å². The van der Waals surface area contributed by atoms with Crippen LogP contribution in [0.2, 0.25) is 0 Å². The van der Waals surface area contributed by atoms with Gasteiger partial charge in [-0.2, -0.15) is 0 Å². The second kappa shape index (κ2) is 7.80. The highest BCUT2D eigenvalue weighted by molar-refractivity contribution is 7.92. The van der Waals surface area contributed by atoms with Gasteiger partial charge in [-0.3, -0.25) is 14.8 Å². The highest BCUT2D eigenvalue weighted by Gasteiger charge is 2.40. The number of nitro benzene ring substituents is 1. The molecule has 32 heavy (non-hydrogen) atoms. The molecule has 0 aromatic heterocycles. The Morgan fingerprint density at radius 3 is 2.50 bits per heavy atom. The molecule has 0 radical (unpaired) electrons. The molecule has 3 atom stereocenters. The van der Waals surface area contributed by atoms with Crippen LogP contribution in [-0.2, 0) is 10.0 Å². The van der Waals surface area contributed by atoms with Gasteiger partial charge in [0, 0.05) is 23.4 Å². The van der Waals surface area contributed by atoms with Crippen molar-refractivity contribution in [2.75, 3.05) is 10.0 Å². The number of nitro groups is 1. The van der Waals surface area contributed by atoms with E-state index in [1.54, 1.807) is 54.6 Å². The molecule has 0 saturated carbocycles. The van der Waals surface area contributed by atoms with Crippen molar-refractivity contribution in [2.24, 2.45) is 5.92 Å². The standard InChI is InChI=1S/C24H21N3O4S/c28-27(29)23-12-5-4-9-20(23)24-19-11-6-10-18(19)21-15-17(13-14-22(21)25-24)32(30,31)26-16-7-2-1-3-8-16/h1-10,12-15,18-19,24-26H,11H2/t18-,19+,24-/m0/s1. The summed E-state index contributed by atoms with van der Waals surface area (Å²) in [4.78, 5) is 11.4. The molecule has 2 N–H and O–H groups in total. The number of hydrogen-bond acceptors (Lipinski definition) is 5. The predicted molar refractivity (Wildman–Crippen MR) is 123 cm³/mol. The molecule has 0 spiro atoms. The average Bonchev–Trinajstić information content (AvgIpc) is 3.29. The van der Waals surface area contributed by atoms with Gasteiger partial charge in [0.1, 0.15) is 0 Å². The molecule has 1 aliphatic carbocycles. The van der Waals surface area contributed by atoms with E-state index in [-0.39, 0.29) is 33.4 Å². The van der Waals surface area contributed by atoms with Crippen molar-refractivity contribution in [3.8, 4) is 0 Å². The number of hydrogen-bond donors (Lipinski definition) is 2. The van der Waals surface area contributed by atoms with Gasteiger partial charge in [-0.15, -0.1) is 0 Å². The number of anilines is 2. The number of benzene rings is 3. The Kier molecular flexibility index (Phi) is 4.94. The highest BCUT2D eigenvalue weighted by atomic mass is 32.2. The van der Waals surface area contributed by atoms with Crippen LogP contribution in [-0.4, -0.2) is 13.3 Å². The summed E-state index contributed by atoms with van der Waals surface area (Å²) >= 11 is 0. The Hall–Kier alpha value is -3.65. The number of para-hydroxylation sites is 2. The van der Waals surface area contributed by atoms with E-state index in [4.69, 9.17) is 0 Å². The van der Waals surface area contributed by atoms with Crippen molar-refractivity contribution in [2.45, 2.75) is 23.3 Å². The topological polar surface area (TPSA) is 101 Å². The first kappa shape index (κ1) is 20.3. The minimum absolute atomic E-state index is 0.0251. The third-order valence-corrected chi connectivity index (χ3v) is 7.52. The Bertz CT molecular complexity index is 1320. The van der Waals surface area contributed by atoms with E-state index in [0.717, 1.165) is 17.7 Å². The zero-order valence-electron chi connectivity index (χ0n) is 17.0. The van der Waals surface area contributed by atoms with E-state index in [2.05, 4.69) is 22.2 Å². The molecule has 8 heteroatoms. The fraction of sp³-hybridized carbons (Fsp3) is 0.167. The van der Waals surface area contributed by atoms with Crippen LogP contribution >= 0.6 is 0 Å². The maximum absolute atomic E-state index is 13.0. The van der Waals surface area contributed by atoms with Crippen LogP contribution < -0.4 is 10.0 Å². The molecular formula is C24H21N3O4S. The largest absolute Gasteiger partial charge is 0.377 e. The lowest BCUT2D eigenvalue weighted by atomic mass is 9.76. The molecule has 1 heterocycles. The molecule has 3 aromatic carbocycles. The first-order chi connectivity index (χ1) is 15.4. The van der Waals surface area contributed by atoms with Crippen molar-refractivity contribution in [1.29, 1.82) is 0 Å². The number of nitrogens with one attached hydrogen (secondary N) is 2. The van der Waals surface area contributed by atoms with Gasteiger partial charge in [-0.05, 0) is 48.2 Å². The summed E-state index contributed by atoms with van der Waals surface area (Å²) in [5.41, 5.74) is 2.90. The molecule has 1 aliphatic heterocycles. The summed E-state index contributed by atoms with van der Waals surface area (Å²) in [5.74, 6) is 0.0339. The van der Waals surface area contributed by atoms with Crippen LogP contribution in [0.1, 0.15) is 29.5 Å². The first-order valence-electron chi connectivity index (χ1n) is 10.3. The number of allylic oxidation sites excluding steroid dienone is 2. The molecule has 0 saturated heterocycles. The molecule has 0 unspecified atom stereocenters. The van der Waals surface area contributed by atoms with Crippen LogP contribution in [0, 0.1) is 16.0 Å². The summed E-state index contributed by atoms with van der Waals surface area (Å²) in [5, 5.41) is 15.0. The Labute approximate surface area is 186 Å². The van der Waals surface area contributed by atoms with Crippen molar-refractivity contribution >= 4 is 27.1 Å². The monoisotopic (exact) mass is 447 g/mol.